The molecule has 232 valence electrons. The van der Waals surface area contributed by atoms with Crippen LogP contribution in [0.1, 0.15) is 17.9 Å². The predicted octanol–water partition coefficient (Wildman–Crippen LogP) is 9.70. The van der Waals surface area contributed by atoms with Gasteiger partial charge in [0.2, 0.25) is 5.89 Å². The highest BCUT2D eigenvalue weighted by Crippen LogP contribution is 2.37. The van der Waals surface area contributed by atoms with Crippen LogP contribution in [0.4, 0.5) is 0 Å². The van der Waals surface area contributed by atoms with Gasteiger partial charge in [0.15, 0.2) is 11.2 Å². The van der Waals surface area contributed by atoms with Crippen molar-refractivity contribution in [2.24, 2.45) is 0 Å². The van der Waals surface area contributed by atoms with Gasteiger partial charge in [0, 0.05) is 28.2 Å². The van der Waals surface area contributed by atoms with Gasteiger partial charge in [0.1, 0.15) is 5.35 Å². The van der Waals surface area contributed by atoms with E-state index in [-0.39, 0.29) is 5.92 Å². The third-order valence-electron chi connectivity index (χ3n) is 9.30. The van der Waals surface area contributed by atoms with Crippen LogP contribution in [0.15, 0.2) is 162 Å². The molecule has 1 unspecified atom stereocenters. The van der Waals surface area contributed by atoms with Crippen molar-refractivity contribution in [3.63, 3.8) is 0 Å². The van der Waals surface area contributed by atoms with Gasteiger partial charge in [-0.25, -0.2) is 15.0 Å². The fraction of sp³-hybridized carbons (Fsp3) is 0.0444. The monoisotopic (exact) mass is 629 g/mol. The van der Waals surface area contributed by atoms with Crippen molar-refractivity contribution in [3.05, 3.63) is 174 Å². The van der Waals surface area contributed by atoms with Gasteiger partial charge in [-0.3, -0.25) is 0 Å². The molecule has 0 saturated heterocycles. The quantitative estimate of drug-likeness (QED) is 0.184. The number of nitrogens with zero attached hydrogens (tertiary/aromatic N) is 3. The zero-order chi connectivity index (χ0) is 32.6. The molecule has 49 heavy (non-hydrogen) atoms. The number of benzene rings is 6. The lowest BCUT2D eigenvalue weighted by molar-refractivity contribution is 0.536. The van der Waals surface area contributed by atoms with Gasteiger partial charge in [0.25, 0.3) is 0 Å². The third-order valence-corrected chi connectivity index (χ3v) is 9.30. The van der Waals surface area contributed by atoms with Crippen LogP contribution >= 0.6 is 0 Å². The second-order valence-corrected chi connectivity index (χ2v) is 12.4. The van der Waals surface area contributed by atoms with Crippen molar-refractivity contribution in [2.45, 2.75) is 12.3 Å². The van der Waals surface area contributed by atoms with Crippen LogP contribution in [-0.4, -0.2) is 15.0 Å². The Hall–Kier alpha value is -6.39. The minimum Gasteiger partial charge on any atom is -0.436 e. The van der Waals surface area contributed by atoms with E-state index in [0.717, 1.165) is 56.2 Å². The van der Waals surface area contributed by atoms with Crippen LogP contribution in [0, 0.1) is 0 Å². The Morgan fingerprint density at radius 1 is 0.490 bits per heavy atom. The lowest BCUT2D eigenvalue weighted by atomic mass is 9.87. The Balaban J connectivity index is 1.14. The average molecular weight is 630 g/mol. The summed E-state index contributed by atoms with van der Waals surface area (Å²) >= 11 is 0. The topological polar surface area (TPSA) is 51.8 Å². The van der Waals surface area contributed by atoms with Gasteiger partial charge in [-0.15, -0.1) is 0 Å². The summed E-state index contributed by atoms with van der Waals surface area (Å²) in [6.45, 7) is 0. The first-order chi connectivity index (χ1) is 24.3. The second-order valence-electron chi connectivity index (χ2n) is 12.4. The van der Waals surface area contributed by atoms with E-state index in [0.29, 0.717) is 11.7 Å². The van der Waals surface area contributed by atoms with Crippen LogP contribution in [0.5, 0.6) is 0 Å². The average Bonchev–Trinajstić information content (AvgIpc) is 3.62. The van der Waals surface area contributed by atoms with Gasteiger partial charge in [-0.05, 0) is 58.2 Å². The molecular formula is C45H31N3O. The summed E-state index contributed by atoms with van der Waals surface area (Å²) in [6.07, 6.45) is 5.26. The maximum Gasteiger partial charge on any atom is 0.227 e. The molecule has 0 N–H and O–H groups in total. The van der Waals surface area contributed by atoms with Crippen LogP contribution in [-0.2, 0) is 0 Å². The first-order valence-corrected chi connectivity index (χ1v) is 16.6. The highest BCUT2D eigenvalue weighted by molar-refractivity contribution is 5.98. The zero-order valence-electron chi connectivity index (χ0n) is 26.7. The Labute approximate surface area is 284 Å². The van der Waals surface area contributed by atoms with Crippen molar-refractivity contribution in [2.75, 3.05) is 0 Å². The summed E-state index contributed by atoms with van der Waals surface area (Å²) in [5.41, 5.74) is 10.3. The summed E-state index contributed by atoms with van der Waals surface area (Å²) < 4.78 is 6.27. The molecule has 0 saturated carbocycles. The predicted molar refractivity (Wildman–Crippen MR) is 199 cm³/mol. The molecule has 1 aliphatic carbocycles. The highest BCUT2D eigenvalue weighted by atomic mass is 16.3. The van der Waals surface area contributed by atoms with Crippen LogP contribution in [0.25, 0.3) is 79.4 Å². The molecule has 1 aliphatic rings. The number of hydrogen-bond acceptors (Lipinski definition) is 4. The Bertz CT molecular complexity index is 2560. The van der Waals surface area contributed by atoms with E-state index in [9.17, 15) is 0 Å². The molecule has 9 rings (SSSR count). The van der Waals surface area contributed by atoms with Crippen molar-refractivity contribution in [1.82, 2.24) is 15.0 Å². The molecule has 4 nitrogen and oxygen atoms in total. The summed E-state index contributed by atoms with van der Waals surface area (Å²) in [4.78, 5) is 15.2. The number of oxazole rings is 1. The minimum absolute atomic E-state index is 0.151. The van der Waals surface area contributed by atoms with Crippen molar-refractivity contribution < 1.29 is 4.42 Å². The molecule has 0 amide bonds. The van der Waals surface area contributed by atoms with E-state index < -0.39 is 0 Å². The van der Waals surface area contributed by atoms with Gasteiger partial charge in [-0.2, -0.15) is 0 Å². The summed E-state index contributed by atoms with van der Waals surface area (Å²) in [7, 11) is 0. The van der Waals surface area contributed by atoms with E-state index >= 15 is 0 Å². The normalized spacial score (nSPS) is 13.8. The number of hydrogen-bond donors (Lipinski definition) is 0. The second kappa shape index (κ2) is 12.3. The molecule has 8 aromatic rings. The maximum absolute atomic E-state index is 6.27. The smallest absolute Gasteiger partial charge is 0.227 e. The van der Waals surface area contributed by atoms with Gasteiger partial charge < -0.3 is 4.42 Å². The van der Waals surface area contributed by atoms with Crippen molar-refractivity contribution in [3.8, 4) is 56.5 Å². The maximum atomic E-state index is 6.27. The minimum atomic E-state index is 0.151. The summed E-state index contributed by atoms with van der Waals surface area (Å²) in [5, 5.41) is 3.21. The van der Waals surface area contributed by atoms with Gasteiger partial charge in [-0.1, -0.05) is 146 Å². The van der Waals surface area contributed by atoms with Crippen LogP contribution in [0.2, 0.25) is 0 Å². The zero-order valence-corrected chi connectivity index (χ0v) is 26.7. The molecule has 2 aromatic heterocycles. The van der Waals surface area contributed by atoms with E-state index in [1.807, 2.05) is 42.5 Å². The molecule has 4 heteroatoms. The molecule has 0 bridgehead atoms. The first kappa shape index (κ1) is 28.8. The Kier molecular flexibility index (Phi) is 7.25. The van der Waals surface area contributed by atoms with Gasteiger partial charge >= 0.3 is 0 Å². The van der Waals surface area contributed by atoms with Gasteiger partial charge in [0.05, 0.1) is 11.4 Å². The standard InChI is InChI=1S/C45H31N3O/c1-4-12-30(13-5-1)31-20-22-33(23-21-31)42-29-41(32-14-6-2-7-15-32)46-44(47-42)39-26-25-36(37-18-10-11-19-38(37)39)35-24-27-40-43(28-35)49-45(48-40)34-16-8-3-9-17-34/h1-23,25-29,35H,24H2. The fourth-order valence-electron chi connectivity index (χ4n) is 6.80. The molecular weight excluding hydrogens is 599 g/mol. The summed E-state index contributed by atoms with van der Waals surface area (Å²) in [6, 6.07) is 54.6. The first-order valence-electron chi connectivity index (χ1n) is 16.6. The largest absolute Gasteiger partial charge is 0.436 e. The lowest BCUT2D eigenvalue weighted by Gasteiger charge is -2.18. The van der Waals surface area contributed by atoms with Crippen molar-refractivity contribution in [1.29, 1.82) is 0 Å². The molecule has 0 radical (unpaired) electrons. The highest BCUT2D eigenvalue weighted by Gasteiger charge is 2.20. The van der Waals surface area contributed by atoms with Crippen LogP contribution in [0.3, 0.4) is 0 Å². The molecule has 6 aromatic carbocycles. The molecule has 0 spiro atoms. The number of rotatable bonds is 6. The SMILES string of the molecule is C1=c2nc(-c3ccccc3)oc2=CC(c2ccc(-c3nc(-c4ccccc4)cc(-c4ccc(-c5ccccc5)cc4)n3)c3ccccc23)C1. The Morgan fingerprint density at radius 2 is 1.04 bits per heavy atom. The van der Waals surface area contributed by atoms with E-state index in [2.05, 4.69) is 127 Å². The third kappa shape index (κ3) is 5.53. The van der Waals surface area contributed by atoms with E-state index in [1.54, 1.807) is 0 Å². The molecule has 0 aliphatic heterocycles. The fourth-order valence-corrected chi connectivity index (χ4v) is 6.80. The van der Waals surface area contributed by atoms with Crippen molar-refractivity contribution >= 4 is 22.9 Å². The Morgan fingerprint density at radius 3 is 1.73 bits per heavy atom. The summed E-state index contributed by atoms with van der Waals surface area (Å²) in [5.74, 6) is 1.51. The molecule has 0 fully saturated rings. The lowest BCUT2D eigenvalue weighted by Crippen LogP contribution is -2.26. The number of aromatic nitrogens is 3. The number of fused-ring (bicyclic) bond motifs is 2. The molecule has 1 atom stereocenters. The van der Waals surface area contributed by atoms with Crippen LogP contribution < -0.4 is 10.8 Å². The van der Waals surface area contributed by atoms with E-state index in [1.165, 1.54) is 22.1 Å². The molecule has 2 heterocycles. The van der Waals surface area contributed by atoms with E-state index in [4.69, 9.17) is 19.4 Å².